The Hall–Kier alpha value is -2.15. The number of ketones is 1. The predicted molar refractivity (Wildman–Crippen MR) is 68.9 cm³/mol. The maximum absolute atomic E-state index is 11.3. The van der Waals surface area contributed by atoms with Gasteiger partial charge >= 0.3 is 20.0 Å². The molecular formula is C12H12NO7P. The Balaban J connectivity index is 2.62. The largest absolute Gasteiger partial charge is 0.595 e. The molecule has 0 aliphatic carbocycles. The third-order valence-electron chi connectivity index (χ3n) is 2.41. The van der Waals surface area contributed by atoms with Crippen LogP contribution in [-0.4, -0.2) is 35.0 Å². The van der Waals surface area contributed by atoms with Gasteiger partial charge in [0, 0.05) is 0 Å². The van der Waals surface area contributed by atoms with Crippen LogP contribution in [0.1, 0.15) is 5.56 Å². The van der Waals surface area contributed by atoms with Gasteiger partial charge < -0.3 is 20.5 Å². The van der Waals surface area contributed by atoms with Crippen LogP contribution in [0.3, 0.4) is 0 Å². The van der Waals surface area contributed by atoms with Gasteiger partial charge in [0.1, 0.15) is 11.8 Å². The highest BCUT2D eigenvalue weighted by atomic mass is 31.1. The minimum atomic E-state index is -2.99. The van der Waals surface area contributed by atoms with E-state index in [4.69, 9.17) is 10.8 Å². The fourth-order valence-electron chi connectivity index (χ4n) is 1.38. The quantitative estimate of drug-likeness (QED) is 0.288. The van der Waals surface area contributed by atoms with E-state index < -0.39 is 38.0 Å². The van der Waals surface area contributed by atoms with Crippen molar-refractivity contribution in [3.63, 3.8) is 0 Å². The monoisotopic (exact) mass is 313 g/mol. The molecule has 0 heterocycles. The van der Waals surface area contributed by atoms with Gasteiger partial charge in [-0.05, 0) is 24.1 Å². The average Bonchev–Trinajstić information content (AvgIpc) is 2.39. The summed E-state index contributed by atoms with van der Waals surface area (Å²) in [4.78, 5) is 43.3. The summed E-state index contributed by atoms with van der Waals surface area (Å²) >= 11 is 0. The van der Waals surface area contributed by atoms with Crippen LogP contribution in [0.4, 0.5) is 0 Å². The Morgan fingerprint density at radius 1 is 1.29 bits per heavy atom. The topological polar surface area (TPSA) is 147 Å². The smallest absolute Gasteiger partial charge is 0.384 e. The standard InChI is InChI=1S/C12H12NO7P/c13-9(11(15)16)5-7-1-3-8(4-2-7)20-12(17)10(14)6-21(18)19/h1-4,9H,5-6,13H2,(H,15,16). The van der Waals surface area contributed by atoms with Crippen LogP contribution in [0.25, 0.3) is 0 Å². The molecule has 0 amide bonds. The molecule has 2 atom stereocenters. The van der Waals surface area contributed by atoms with E-state index in [1.807, 2.05) is 0 Å². The lowest BCUT2D eigenvalue weighted by Crippen LogP contribution is -2.32. The van der Waals surface area contributed by atoms with Crippen molar-refractivity contribution in [1.29, 1.82) is 0 Å². The van der Waals surface area contributed by atoms with E-state index in [1.165, 1.54) is 24.3 Å². The van der Waals surface area contributed by atoms with E-state index in [1.54, 1.807) is 0 Å². The number of aliphatic carboxylic acids is 1. The summed E-state index contributed by atoms with van der Waals surface area (Å²) in [6, 6.07) is 4.64. The Labute approximate surface area is 120 Å². The molecule has 21 heavy (non-hydrogen) atoms. The summed E-state index contributed by atoms with van der Waals surface area (Å²) in [6.07, 6.45) is -0.807. The van der Waals surface area contributed by atoms with Crippen molar-refractivity contribution in [2.24, 2.45) is 5.73 Å². The first-order valence-corrected chi connectivity index (χ1v) is 7.10. The van der Waals surface area contributed by atoms with Crippen molar-refractivity contribution in [3.05, 3.63) is 29.8 Å². The maximum Gasteiger partial charge on any atom is 0.384 e. The molecule has 0 saturated heterocycles. The van der Waals surface area contributed by atoms with Crippen molar-refractivity contribution < 1.29 is 33.7 Å². The lowest BCUT2D eigenvalue weighted by atomic mass is 10.1. The van der Waals surface area contributed by atoms with E-state index in [0.717, 1.165) is 0 Å². The number of Topliss-reactive ketones (excluding diaryl/α,β-unsaturated/α-hetero) is 1. The number of carbonyl (C=O) groups is 3. The van der Waals surface area contributed by atoms with Crippen LogP contribution in [0.2, 0.25) is 0 Å². The van der Waals surface area contributed by atoms with Gasteiger partial charge in [0.15, 0.2) is 0 Å². The van der Waals surface area contributed by atoms with Gasteiger partial charge in [-0.3, -0.25) is 9.59 Å². The maximum atomic E-state index is 11.3. The number of rotatable bonds is 7. The molecule has 3 N–H and O–H groups in total. The Morgan fingerprint density at radius 2 is 1.86 bits per heavy atom. The van der Waals surface area contributed by atoms with Gasteiger partial charge in [-0.2, -0.15) is 0 Å². The number of esters is 1. The van der Waals surface area contributed by atoms with Gasteiger partial charge in [0.25, 0.3) is 5.78 Å². The minimum Gasteiger partial charge on any atom is -0.595 e. The minimum absolute atomic E-state index is 0.0436. The van der Waals surface area contributed by atoms with Crippen molar-refractivity contribution in [3.8, 4) is 5.75 Å². The third-order valence-corrected chi connectivity index (χ3v) is 2.95. The number of hydrogen-bond donors (Lipinski definition) is 2. The van der Waals surface area contributed by atoms with Gasteiger partial charge in [-0.15, -0.1) is 0 Å². The highest BCUT2D eigenvalue weighted by molar-refractivity contribution is 7.38. The molecule has 0 aliphatic heterocycles. The molecule has 0 aromatic heterocycles. The first kappa shape index (κ1) is 16.9. The summed E-state index contributed by atoms with van der Waals surface area (Å²) in [5.74, 6) is -3.53. The molecule has 112 valence electrons. The number of benzene rings is 1. The lowest BCUT2D eigenvalue weighted by molar-refractivity contribution is -0.165. The molecule has 2 unspecified atom stereocenters. The third kappa shape index (κ3) is 5.78. The number of hydrogen-bond acceptors (Lipinski definition) is 7. The van der Waals surface area contributed by atoms with Crippen LogP contribution >= 0.6 is 8.03 Å². The summed E-state index contributed by atoms with van der Waals surface area (Å²) in [5.41, 5.74) is 5.98. The van der Waals surface area contributed by atoms with Gasteiger partial charge in [-0.25, -0.2) is 4.79 Å². The second-order valence-electron chi connectivity index (χ2n) is 4.10. The van der Waals surface area contributed by atoms with Gasteiger partial charge in [-0.1, -0.05) is 16.7 Å². The lowest BCUT2D eigenvalue weighted by Gasteiger charge is -2.07. The van der Waals surface area contributed by atoms with Gasteiger partial charge in [0.2, 0.25) is 6.16 Å². The van der Waals surface area contributed by atoms with Crippen LogP contribution in [-0.2, 0) is 25.4 Å². The van der Waals surface area contributed by atoms with E-state index in [9.17, 15) is 23.8 Å². The zero-order valence-electron chi connectivity index (χ0n) is 10.7. The fraction of sp³-hybridized carbons (Fsp3) is 0.250. The second kappa shape index (κ2) is 7.58. The average molecular weight is 313 g/mol. The molecule has 0 saturated carbocycles. The molecule has 0 fully saturated rings. The first-order chi connectivity index (χ1) is 9.79. The molecule has 0 bridgehead atoms. The fourth-order valence-corrected chi connectivity index (χ4v) is 1.74. The molecule has 0 aliphatic rings. The molecule has 1 aromatic carbocycles. The SMILES string of the molecule is NC(Cc1ccc(OC(=O)C(=O)C[P+](=O)[O-])cc1)C(=O)O. The molecular weight excluding hydrogens is 301 g/mol. The van der Waals surface area contributed by atoms with Gasteiger partial charge in [0.05, 0.1) is 0 Å². The highest BCUT2D eigenvalue weighted by Crippen LogP contribution is 2.14. The molecule has 8 nitrogen and oxygen atoms in total. The summed E-state index contributed by atoms with van der Waals surface area (Å²) in [5, 5.41) is 8.67. The molecule has 1 rings (SSSR count). The van der Waals surface area contributed by atoms with Crippen molar-refractivity contribution >= 4 is 25.7 Å². The van der Waals surface area contributed by atoms with Crippen molar-refractivity contribution in [1.82, 2.24) is 0 Å². The molecule has 1 aromatic rings. The second-order valence-corrected chi connectivity index (χ2v) is 5.08. The predicted octanol–water partition coefficient (Wildman–Crippen LogP) is -0.782. The van der Waals surface area contributed by atoms with Crippen LogP contribution in [0.5, 0.6) is 5.75 Å². The van der Waals surface area contributed by atoms with Crippen LogP contribution < -0.4 is 15.4 Å². The first-order valence-electron chi connectivity index (χ1n) is 5.73. The van der Waals surface area contributed by atoms with E-state index in [2.05, 4.69) is 4.74 Å². The summed E-state index contributed by atoms with van der Waals surface area (Å²) < 4.78 is 15.0. The van der Waals surface area contributed by atoms with Crippen LogP contribution in [0.15, 0.2) is 24.3 Å². The number of carbonyl (C=O) groups excluding carboxylic acids is 2. The number of nitrogens with two attached hydrogens (primary N) is 1. The Bertz CT molecular complexity index is 569. The van der Waals surface area contributed by atoms with Crippen molar-refractivity contribution in [2.45, 2.75) is 12.5 Å². The highest BCUT2D eigenvalue weighted by Gasteiger charge is 2.22. The number of carboxylic acid groups (broad SMARTS) is 1. The number of ether oxygens (including phenoxy) is 1. The summed E-state index contributed by atoms with van der Waals surface area (Å²) in [6.45, 7) is 0. The van der Waals surface area contributed by atoms with E-state index in [0.29, 0.717) is 5.56 Å². The number of carboxylic acids is 1. The molecule has 9 heteroatoms. The zero-order chi connectivity index (χ0) is 16.0. The van der Waals surface area contributed by atoms with Crippen LogP contribution in [0, 0.1) is 0 Å². The molecule has 0 radical (unpaired) electrons. The van der Waals surface area contributed by atoms with E-state index in [-0.39, 0.29) is 12.2 Å². The Kier molecular flexibility index (Phi) is 6.10. The van der Waals surface area contributed by atoms with E-state index >= 15 is 0 Å². The summed E-state index contributed by atoms with van der Waals surface area (Å²) in [7, 11) is -2.99. The van der Waals surface area contributed by atoms with Crippen molar-refractivity contribution in [2.75, 3.05) is 6.16 Å². The normalized spacial score (nSPS) is 12.4. The zero-order valence-corrected chi connectivity index (χ0v) is 11.6. The molecule has 0 spiro atoms. The Morgan fingerprint density at radius 3 is 2.33 bits per heavy atom.